The molecule has 0 bridgehead atoms. The molecule has 2 rings (SSSR count). The van der Waals surface area contributed by atoms with Gasteiger partial charge in [0.15, 0.2) is 11.5 Å². The molecule has 0 spiro atoms. The average Bonchev–Trinajstić information content (AvgIpc) is 2.78. The zero-order chi connectivity index (χ0) is 12.4. The van der Waals surface area contributed by atoms with E-state index < -0.39 is 12.1 Å². The summed E-state index contributed by atoms with van der Waals surface area (Å²) in [4.78, 5) is 10.7. The second kappa shape index (κ2) is 4.39. The summed E-state index contributed by atoms with van der Waals surface area (Å²) in [7, 11) is 0. The lowest BCUT2D eigenvalue weighted by molar-refractivity contribution is 0.0686. The van der Waals surface area contributed by atoms with Gasteiger partial charge in [-0.1, -0.05) is 29.4 Å². The van der Waals surface area contributed by atoms with Crippen LogP contribution in [-0.2, 0) is 0 Å². The fourth-order valence-electron chi connectivity index (χ4n) is 1.59. The van der Waals surface area contributed by atoms with Crippen molar-refractivity contribution in [2.45, 2.75) is 13.0 Å². The SMILES string of the molecule is CC(O)c1ccccc1-c1cc(C(=O)O)no1. The van der Waals surface area contributed by atoms with E-state index in [4.69, 9.17) is 9.63 Å². The molecule has 5 nitrogen and oxygen atoms in total. The number of nitrogens with zero attached hydrogens (tertiary/aromatic N) is 1. The van der Waals surface area contributed by atoms with Crippen LogP contribution in [0.25, 0.3) is 11.3 Å². The number of aromatic carboxylic acids is 1. The molecule has 17 heavy (non-hydrogen) atoms. The van der Waals surface area contributed by atoms with Crippen LogP contribution in [-0.4, -0.2) is 21.3 Å². The van der Waals surface area contributed by atoms with Gasteiger partial charge in [0.25, 0.3) is 0 Å². The van der Waals surface area contributed by atoms with E-state index in [-0.39, 0.29) is 5.69 Å². The molecular formula is C12H11NO4. The molecule has 88 valence electrons. The fourth-order valence-corrected chi connectivity index (χ4v) is 1.59. The molecule has 0 aliphatic rings. The first-order valence-corrected chi connectivity index (χ1v) is 5.07. The maximum absolute atomic E-state index is 10.7. The Morgan fingerprint density at radius 3 is 2.71 bits per heavy atom. The zero-order valence-corrected chi connectivity index (χ0v) is 9.12. The predicted octanol–water partition coefficient (Wildman–Crippen LogP) is 2.09. The van der Waals surface area contributed by atoms with E-state index in [0.717, 1.165) is 0 Å². The van der Waals surface area contributed by atoms with E-state index >= 15 is 0 Å². The van der Waals surface area contributed by atoms with Crippen LogP contribution in [0.15, 0.2) is 34.9 Å². The molecule has 1 unspecified atom stereocenters. The highest BCUT2D eigenvalue weighted by Crippen LogP contribution is 2.28. The molecule has 1 atom stereocenters. The van der Waals surface area contributed by atoms with Crippen molar-refractivity contribution in [2.75, 3.05) is 0 Å². The Labute approximate surface area is 97.3 Å². The quantitative estimate of drug-likeness (QED) is 0.848. The molecule has 1 aromatic carbocycles. The molecule has 0 aliphatic heterocycles. The summed E-state index contributed by atoms with van der Waals surface area (Å²) in [5.74, 6) is -0.812. The van der Waals surface area contributed by atoms with Gasteiger partial charge in [0.1, 0.15) is 0 Å². The number of aliphatic hydroxyl groups is 1. The number of carboxylic acid groups (broad SMARTS) is 1. The van der Waals surface area contributed by atoms with Crippen LogP contribution >= 0.6 is 0 Å². The summed E-state index contributed by atoms with van der Waals surface area (Å²) in [6, 6.07) is 8.41. The van der Waals surface area contributed by atoms with Crippen LogP contribution in [0.4, 0.5) is 0 Å². The van der Waals surface area contributed by atoms with Crippen molar-refractivity contribution in [1.29, 1.82) is 0 Å². The Balaban J connectivity index is 2.48. The van der Waals surface area contributed by atoms with Gasteiger partial charge in [0.05, 0.1) is 6.10 Å². The van der Waals surface area contributed by atoms with Gasteiger partial charge in [-0.25, -0.2) is 4.79 Å². The number of benzene rings is 1. The van der Waals surface area contributed by atoms with E-state index in [2.05, 4.69) is 5.16 Å². The number of carbonyl (C=O) groups is 1. The number of aromatic nitrogens is 1. The Bertz CT molecular complexity index is 545. The molecule has 0 fully saturated rings. The molecule has 1 heterocycles. The Morgan fingerprint density at radius 2 is 2.12 bits per heavy atom. The van der Waals surface area contributed by atoms with Crippen molar-refractivity contribution in [1.82, 2.24) is 5.16 Å². The molecule has 0 aliphatic carbocycles. The molecule has 5 heteroatoms. The van der Waals surface area contributed by atoms with Crippen LogP contribution in [0, 0.1) is 0 Å². The van der Waals surface area contributed by atoms with Gasteiger partial charge in [-0.15, -0.1) is 0 Å². The highest BCUT2D eigenvalue weighted by atomic mass is 16.5. The van der Waals surface area contributed by atoms with Gasteiger partial charge in [-0.3, -0.25) is 0 Å². The first-order valence-electron chi connectivity index (χ1n) is 5.07. The summed E-state index contributed by atoms with van der Waals surface area (Å²) in [5, 5.41) is 21.8. The third-order valence-electron chi connectivity index (χ3n) is 2.41. The Morgan fingerprint density at radius 1 is 1.41 bits per heavy atom. The standard InChI is InChI=1S/C12H11NO4/c1-7(14)8-4-2-3-5-9(8)11-6-10(12(15)16)13-17-11/h2-7,14H,1H3,(H,15,16). The normalized spacial score (nSPS) is 12.4. The van der Waals surface area contributed by atoms with E-state index in [1.165, 1.54) is 6.07 Å². The van der Waals surface area contributed by atoms with E-state index in [9.17, 15) is 9.90 Å². The van der Waals surface area contributed by atoms with Crippen molar-refractivity contribution in [2.24, 2.45) is 0 Å². The molecular weight excluding hydrogens is 222 g/mol. The van der Waals surface area contributed by atoms with Crippen molar-refractivity contribution >= 4 is 5.97 Å². The molecule has 2 aromatic rings. The van der Waals surface area contributed by atoms with Gasteiger partial charge in [0, 0.05) is 11.6 Å². The lowest BCUT2D eigenvalue weighted by atomic mass is 10.0. The Kier molecular flexibility index (Phi) is 2.93. The van der Waals surface area contributed by atoms with Crippen LogP contribution in [0.3, 0.4) is 0 Å². The smallest absolute Gasteiger partial charge is 0.358 e. The number of rotatable bonds is 3. The second-order valence-electron chi connectivity index (χ2n) is 3.64. The number of carboxylic acids is 1. The van der Waals surface area contributed by atoms with Gasteiger partial charge in [-0.05, 0) is 12.5 Å². The average molecular weight is 233 g/mol. The van der Waals surface area contributed by atoms with Crippen molar-refractivity contribution in [3.8, 4) is 11.3 Å². The van der Waals surface area contributed by atoms with Crippen molar-refractivity contribution in [3.63, 3.8) is 0 Å². The van der Waals surface area contributed by atoms with Gasteiger partial charge in [0.2, 0.25) is 0 Å². The summed E-state index contributed by atoms with van der Waals surface area (Å²) in [6.07, 6.45) is -0.662. The minimum Gasteiger partial charge on any atom is -0.476 e. The number of aliphatic hydroxyl groups excluding tert-OH is 1. The molecule has 2 N–H and O–H groups in total. The van der Waals surface area contributed by atoms with Gasteiger partial charge in [-0.2, -0.15) is 0 Å². The van der Waals surface area contributed by atoms with Crippen LogP contribution in [0.5, 0.6) is 0 Å². The minimum absolute atomic E-state index is 0.152. The van der Waals surface area contributed by atoms with Crippen LogP contribution < -0.4 is 0 Å². The largest absolute Gasteiger partial charge is 0.476 e. The fraction of sp³-hybridized carbons (Fsp3) is 0.167. The maximum Gasteiger partial charge on any atom is 0.358 e. The lowest BCUT2D eigenvalue weighted by Crippen LogP contribution is -1.95. The van der Waals surface area contributed by atoms with Gasteiger partial charge >= 0.3 is 5.97 Å². The monoisotopic (exact) mass is 233 g/mol. The highest BCUT2D eigenvalue weighted by molar-refractivity contribution is 5.86. The number of hydrogen-bond donors (Lipinski definition) is 2. The van der Waals surface area contributed by atoms with Crippen molar-refractivity contribution < 1.29 is 19.5 Å². The van der Waals surface area contributed by atoms with Crippen LogP contribution in [0.2, 0.25) is 0 Å². The summed E-state index contributed by atoms with van der Waals surface area (Å²) in [6.45, 7) is 1.63. The molecule has 0 saturated carbocycles. The molecule has 0 saturated heterocycles. The highest BCUT2D eigenvalue weighted by Gasteiger charge is 2.16. The predicted molar refractivity (Wildman–Crippen MR) is 59.5 cm³/mol. The summed E-state index contributed by atoms with van der Waals surface area (Å²) < 4.78 is 4.96. The first-order chi connectivity index (χ1) is 8.09. The van der Waals surface area contributed by atoms with Crippen LogP contribution in [0.1, 0.15) is 29.1 Å². The first kappa shape index (κ1) is 11.3. The van der Waals surface area contributed by atoms with E-state index in [1.807, 2.05) is 0 Å². The van der Waals surface area contributed by atoms with E-state index in [1.54, 1.807) is 31.2 Å². The molecule has 1 aromatic heterocycles. The zero-order valence-electron chi connectivity index (χ0n) is 9.12. The molecule has 0 amide bonds. The Hall–Kier alpha value is -2.14. The second-order valence-corrected chi connectivity index (χ2v) is 3.64. The topological polar surface area (TPSA) is 83.6 Å². The summed E-state index contributed by atoms with van der Waals surface area (Å²) >= 11 is 0. The number of hydrogen-bond acceptors (Lipinski definition) is 4. The third kappa shape index (κ3) is 2.19. The summed E-state index contributed by atoms with van der Waals surface area (Å²) in [5.41, 5.74) is 1.16. The van der Waals surface area contributed by atoms with Crippen molar-refractivity contribution in [3.05, 3.63) is 41.6 Å². The maximum atomic E-state index is 10.7. The van der Waals surface area contributed by atoms with Gasteiger partial charge < -0.3 is 14.7 Å². The van der Waals surface area contributed by atoms with E-state index in [0.29, 0.717) is 16.9 Å². The third-order valence-corrected chi connectivity index (χ3v) is 2.41. The molecule has 0 radical (unpaired) electrons. The minimum atomic E-state index is -1.14. The lowest BCUT2D eigenvalue weighted by Gasteiger charge is -2.08.